The molecule has 0 saturated carbocycles. The molecule has 2 aromatic carbocycles. The number of aromatic nitrogens is 2. The summed E-state index contributed by atoms with van der Waals surface area (Å²) in [7, 11) is 1.71. The Morgan fingerprint density at radius 2 is 1.90 bits per heavy atom. The third-order valence-electron chi connectivity index (χ3n) is 4.65. The molecule has 152 valence electrons. The average molecular weight is 414 g/mol. The summed E-state index contributed by atoms with van der Waals surface area (Å²) in [5.74, 6) is -0.205. The Morgan fingerprint density at radius 3 is 2.62 bits per heavy atom. The summed E-state index contributed by atoms with van der Waals surface area (Å²) in [4.78, 5) is 31.7. The first kappa shape index (κ1) is 21.0. The van der Waals surface area contributed by atoms with Crippen molar-refractivity contribution in [3.63, 3.8) is 0 Å². The minimum absolute atomic E-state index is 0.0707. The van der Waals surface area contributed by atoms with E-state index in [0.717, 1.165) is 18.4 Å². The Morgan fingerprint density at radius 1 is 1.17 bits per heavy atom. The van der Waals surface area contributed by atoms with Crippen LogP contribution in [-0.4, -0.2) is 33.2 Å². The fourth-order valence-electron chi connectivity index (χ4n) is 2.96. The minimum atomic E-state index is -0.300. The number of fused-ring (bicyclic) bond motifs is 1. The molecule has 1 amide bonds. The van der Waals surface area contributed by atoms with Crippen LogP contribution in [0, 0.1) is 5.82 Å². The van der Waals surface area contributed by atoms with E-state index in [1.54, 1.807) is 34.7 Å². The number of rotatable bonds is 8. The first-order valence-electron chi connectivity index (χ1n) is 9.60. The largest absolute Gasteiger partial charge is 0.341 e. The van der Waals surface area contributed by atoms with E-state index in [2.05, 4.69) is 11.9 Å². The molecule has 0 unspecified atom stereocenters. The molecular formula is C22H24FN3O2S. The summed E-state index contributed by atoms with van der Waals surface area (Å²) >= 11 is 1.28. The van der Waals surface area contributed by atoms with Crippen LogP contribution in [0.1, 0.15) is 25.3 Å². The van der Waals surface area contributed by atoms with Crippen LogP contribution < -0.4 is 5.56 Å². The van der Waals surface area contributed by atoms with Crippen molar-refractivity contribution in [3.05, 3.63) is 70.3 Å². The smallest absolute Gasteiger partial charge is 0.262 e. The van der Waals surface area contributed by atoms with Crippen molar-refractivity contribution >= 4 is 28.6 Å². The van der Waals surface area contributed by atoms with Gasteiger partial charge >= 0.3 is 0 Å². The minimum Gasteiger partial charge on any atom is -0.341 e. The zero-order chi connectivity index (χ0) is 20.8. The van der Waals surface area contributed by atoms with Gasteiger partial charge in [-0.25, -0.2) is 9.37 Å². The molecule has 0 radical (unpaired) electrons. The molecule has 0 aliphatic carbocycles. The third kappa shape index (κ3) is 5.23. The van der Waals surface area contributed by atoms with Crippen LogP contribution in [0.5, 0.6) is 0 Å². The van der Waals surface area contributed by atoms with Crippen molar-refractivity contribution in [2.45, 2.75) is 38.0 Å². The maximum absolute atomic E-state index is 13.0. The Balaban J connectivity index is 1.75. The van der Waals surface area contributed by atoms with Gasteiger partial charge in [0.05, 0.1) is 16.7 Å². The number of benzene rings is 2. The van der Waals surface area contributed by atoms with Crippen molar-refractivity contribution in [2.24, 2.45) is 0 Å². The normalized spacial score (nSPS) is 11.0. The quantitative estimate of drug-likeness (QED) is 0.412. The standard InChI is InChI=1S/C22H24FN3O2S/c1-3-4-13-26-21(28)18-7-5-6-8-19(18)24-22(26)29-15-20(27)25(2)14-16-9-11-17(23)12-10-16/h5-12H,3-4,13-15H2,1-2H3. The van der Waals surface area contributed by atoms with E-state index in [1.807, 2.05) is 18.2 Å². The molecule has 1 aromatic heterocycles. The second-order valence-corrected chi connectivity index (χ2v) is 7.83. The molecule has 0 bridgehead atoms. The highest BCUT2D eigenvalue weighted by Gasteiger charge is 2.15. The molecule has 0 saturated heterocycles. The molecule has 3 rings (SSSR count). The SMILES string of the molecule is CCCCn1c(SCC(=O)N(C)Cc2ccc(F)cc2)nc2ccccc2c1=O. The summed E-state index contributed by atoms with van der Waals surface area (Å²) in [6.45, 7) is 3.04. The summed E-state index contributed by atoms with van der Waals surface area (Å²) < 4.78 is 14.7. The van der Waals surface area contributed by atoms with Gasteiger partial charge in [-0.3, -0.25) is 14.2 Å². The number of thioether (sulfide) groups is 1. The van der Waals surface area contributed by atoms with Crippen molar-refractivity contribution in [1.82, 2.24) is 14.5 Å². The molecule has 0 aliphatic rings. The second kappa shape index (κ2) is 9.69. The lowest BCUT2D eigenvalue weighted by molar-refractivity contribution is -0.127. The Labute approximate surface area is 173 Å². The van der Waals surface area contributed by atoms with Gasteiger partial charge in [-0.05, 0) is 36.2 Å². The van der Waals surface area contributed by atoms with Gasteiger partial charge in [-0.15, -0.1) is 0 Å². The van der Waals surface area contributed by atoms with Crippen molar-refractivity contribution < 1.29 is 9.18 Å². The predicted octanol–water partition coefficient (Wildman–Crippen LogP) is 4.09. The lowest BCUT2D eigenvalue weighted by Crippen LogP contribution is -2.29. The monoisotopic (exact) mass is 413 g/mol. The van der Waals surface area contributed by atoms with Crippen LogP contribution in [0.3, 0.4) is 0 Å². The number of halogens is 1. The van der Waals surface area contributed by atoms with Crippen LogP contribution in [0.25, 0.3) is 10.9 Å². The highest BCUT2D eigenvalue weighted by Crippen LogP contribution is 2.19. The highest BCUT2D eigenvalue weighted by atomic mass is 32.2. The molecular weight excluding hydrogens is 389 g/mol. The maximum atomic E-state index is 13.0. The summed E-state index contributed by atoms with van der Waals surface area (Å²) in [6.07, 6.45) is 1.83. The first-order valence-corrected chi connectivity index (χ1v) is 10.6. The average Bonchev–Trinajstić information content (AvgIpc) is 2.73. The van der Waals surface area contributed by atoms with Crippen LogP contribution in [0.15, 0.2) is 58.5 Å². The van der Waals surface area contributed by atoms with Gasteiger partial charge in [0.1, 0.15) is 5.82 Å². The molecule has 0 fully saturated rings. The summed E-state index contributed by atoms with van der Waals surface area (Å²) in [6, 6.07) is 13.4. The third-order valence-corrected chi connectivity index (χ3v) is 5.61. The molecule has 0 aliphatic heterocycles. The maximum Gasteiger partial charge on any atom is 0.262 e. The number of nitrogens with zero attached hydrogens (tertiary/aromatic N) is 3. The Kier molecular flexibility index (Phi) is 7.04. The topological polar surface area (TPSA) is 55.2 Å². The Hall–Kier alpha value is -2.67. The van der Waals surface area contributed by atoms with Gasteiger partial charge in [0, 0.05) is 20.1 Å². The number of para-hydroxylation sites is 1. The Bertz CT molecular complexity index is 1050. The van der Waals surface area contributed by atoms with E-state index < -0.39 is 0 Å². The van der Waals surface area contributed by atoms with Gasteiger partial charge in [-0.1, -0.05) is 49.4 Å². The van der Waals surface area contributed by atoms with Crippen molar-refractivity contribution in [1.29, 1.82) is 0 Å². The molecule has 7 heteroatoms. The van der Waals surface area contributed by atoms with E-state index in [0.29, 0.717) is 29.1 Å². The molecule has 29 heavy (non-hydrogen) atoms. The van der Waals surface area contributed by atoms with Gasteiger partial charge in [0.2, 0.25) is 5.91 Å². The molecule has 0 spiro atoms. The zero-order valence-electron chi connectivity index (χ0n) is 16.6. The fourth-order valence-corrected chi connectivity index (χ4v) is 3.93. The second-order valence-electron chi connectivity index (χ2n) is 6.89. The van der Waals surface area contributed by atoms with Crippen molar-refractivity contribution in [3.8, 4) is 0 Å². The lowest BCUT2D eigenvalue weighted by Gasteiger charge is -2.18. The van der Waals surface area contributed by atoms with Crippen molar-refractivity contribution in [2.75, 3.05) is 12.8 Å². The van der Waals surface area contributed by atoms with Crippen LogP contribution in [0.2, 0.25) is 0 Å². The fraction of sp³-hybridized carbons (Fsp3) is 0.318. The number of unbranched alkanes of at least 4 members (excludes halogenated alkanes) is 1. The van der Waals surface area contributed by atoms with Gasteiger partial charge in [-0.2, -0.15) is 0 Å². The van der Waals surface area contributed by atoms with E-state index >= 15 is 0 Å². The van der Waals surface area contributed by atoms with E-state index in [9.17, 15) is 14.0 Å². The molecule has 1 heterocycles. The molecule has 0 N–H and O–H groups in total. The van der Waals surface area contributed by atoms with Crippen LogP contribution in [0.4, 0.5) is 4.39 Å². The van der Waals surface area contributed by atoms with Gasteiger partial charge in [0.25, 0.3) is 5.56 Å². The highest BCUT2D eigenvalue weighted by molar-refractivity contribution is 7.99. The first-order chi connectivity index (χ1) is 14.0. The van der Waals surface area contributed by atoms with Crippen LogP contribution >= 0.6 is 11.8 Å². The number of carbonyl (C=O) groups excluding carboxylic acids is 1. The molecule has 3 aromatic rings. The van der Waals surface area contributed by atoms with E-state index in [4.69, 9.17) is 0 Å². The number of amides is 1. The number of hydrogen-bond acceptors (Lipinski definition) is 4. The summed E-state index contributed by atoms with van der Waals surface area (Å²) in [5, 5.41) is 1.15. The number of carbonyl (C=O) groups is 1. The van der Waals surface area contributed by atoms with Crippen LogP contribution in [-0.2, 0) is 17.9 Å². The van der Waals surface area contributed by atoms with Gasteiger partial charge in [0.15, 0.2) is 5.16 Å². The number of hydrogen-bond donors (Lipinski definition) is 0. The van der Waals surface area contributed by atoms with Gasteiger partial charge < -0.3 is 4.90 Å². The predicted molar refractivity (Wildman–Crippen MR) is 115 cm³/mol. The van der Waals surface area contributed by atoms with E-state index in [-0.39, 0.29) is 23.0 Å². The molecule has 0 atom stereocenters. The van der Waals surface area contributed by atoms with E-state index in [1.165, 1.54) is 23.9 Å². The summed E-state index contributed by atoms with van der Waals surface area (Å²) in [5.41, 5.74) is 1.43. The molecule has 5 nitrogen and oxygen atoms in total. The zero-order valence-corrected chi connectivity index (χ0v) is 17.4. The lowest BCUT2D eigenvalue weighted by atomic mass is 10.2.